The molecule has 0 aliphatic rings. The highest BCUT2D eigenvalue weighted by atomic mass is 16.5. The largest absolute Gasteiger partial charge is 0.490 e. The molecule has 0 heterocycles. The Hall–Kier alpha value is -2.00. The third kappa shape index (κ3) is 4.30. The van der Waals surface area contributed by atoms with E-state index >= 15 is 0 Å². The minimum absolute atomic E-state index is 0.470. The van der Waals surface area contributed by atoms with Gasteiger partial charge in [0, 0.05) is 0 Å². The lowest BCUT2D eigenvalue weighted by Gasteiger charge is -2.10. The van der Waals surface area contributed by atoms with Gasteiger partial charge in [0.25, 0.3) is 0 Å². The predicted molar refractivity (Wildman–Crippen MR) is 74.5 cm³/mol. The van der Waals surface area contributed by atoms with Crippen LogP contribution in [0, 0.1) is 0 Å². The van der Waals surface area contributed by atoms with E-state index in [1.54, 1.807) is 6.92 Å². The number of ether oxygens (including phenoxy) is 2. The first-order valence-electron chi connectivity index (χ1n) is 6.34. The lowest BCUT2D eigenvalue weighted by Crippen LogP contribution is -2.09. The second-order valence-electron chi connectivity index (χ2n) is 4.26. The average molecular weight is 258 g/mol. The van der Waals surface area contributed by atoms with E-state index in [-0.39, 0.29) is 0 Å². The van der Waals surface area contributed by atoms with E-state index in [2.05, 4.69) is 0 Å². The Morgan fingerprint density at radius 1 is 0.895 bits per heavy atom. The number of aliphatic hydroxyl groups is 1. The third-order valence-corrected chi connectivity index (χ3v) is 2.70. The topological polar surface area (TPSA) is 38.7 Å². The van der Waals surface area contributed by atoms with Gasteiger partial charge < -0.3 is 14.6 Å². The van der Waals surface area contributed by atoms with Crippen LogP contribution in [0.2, 0.25) is 0 Å². The minimum Gasteiger partial charge on any atom is -0.490 e. The molecule has 3 heteroatoms. The Morgan fingerprint density at radius 2 is 1.53 bits per heavy atom. The maximum Gasteiger partial charge on any atom is 0.122 e. The summed E-state index contributed by atoms with van der Waals surface area (Å²) >= 11 is 0. The zero-order valence-corrected chi connectivity index (χ0v) is 11.0. The molecule has 1 N–H and O–H groups in total. The Labute approximate surface area is 113 Å². The second kappa shape index (κ2) is 6.81. The predicted octanol–water partition coefficient (Wildman–Crippen LogP) is 3.20. The smallest absolute Gasteiger partial charge is 0.122 e. The molecule has 0 saturated heterocycles. The van der Waals surface area contributed by atoms with E-state index in [0.29, 0.717) is 13.2 Å². The van der Waals surface area contributed by atoms with Gasteiger partial charge in [-0.3, -0.25) is 0 Å². The molecule has 1 atom stereocenters. The van der Waals surface area contributed by atoms with Crippen LogP contribution in [0.25, 0.3) is 0 Å². The van der Waals surface area contributed by atoms with Crippen molar-refractivity contribution < 1.29 is 14.6 Å². The molecular formula is C16H18O3. The molecular weight excluding hydrogens is 240 g/mol. The summed E-state index contributed by atoms with van der Waals surface area (Å²) in [5.41, 5.74) is 0.849. The fraction of sp³-hybridized carbons (Fsp3) is 0.250. The van der Waals surface area contributed by atoms with E-state index in [4.69, 9.17) is 9.47 Å². The van der Waals surface area contributed by atoms with Gasteiger partial charge in [0.15, 0.2) is 0 Å². The quantitative estimate of drug-likeness (QED) is 0.809. The summed E-state index contributed by atoms with van der Waals surface area (Å²) in [5.74, 6) is 1.58. The summed E-state index contributed by atoms with van der Waals surface area (Å²) in [7, 11) is 0. The fourth-order valence-electron chi connectivity index (χ4n) is 1.70. The molecule has 0 unspecified atom stereocenters. The molecule has 0 aromatic heterocycles. The van der Waals surface area contributed by atoms with Crippen LogP contribution in [0.5, 0.6) is 11.5 Å². The van der Waals surface area contributed by atoms with Gasteiger partial charge in [-0.25, -0.2) is 0 Å². The van der Waals surface area contributed by atoms with Crippen molar-refractivity contribution in [2.45, 2.75) is 13.0 Å². The monoisotopic (exact) mass is 258 g/mol. The van der Waals surface area contributed by atoms with Gasteiger partial charge >= 0.3 is 0 Å². The van der Waals surface area contributed by atoms with Crippen LogP contribution in [-0.4, -0.2) is 18.3 Å². The summed E-state index contributed by atoms with van der Waals surface area (Å²) in [6.07, 6.45) is -0.482. The number of hydrogen-bond acceptors (Lipinski definition) is 3. The molecule has 2 aromatic carbocycles. The molecule has 19 heavy (non-hydrogen) atoms. The van der Waals surface area contributed by atoms with Crippen LogP contribution in [-0.2, 0) is 0 Å². The first-order chi connectivity index (χ1) is 9.25. The number of para-hydroxylation sites is 1. The van der Waals surface area contributed by atoms with Gasteiger partial charge in [-0.05, 0) is 36.8 Å². The molecule has 2 aromatic rings. The summed E-state index contributed by atoms with van der Waals surface area (Å²) in [5, 5.41) is 9.49. The number of rotatable bonds is 6. The number of benzene rings is 2. The highest BCUT2D eigenvalue weighted by Gasteiger charge is 2.02. The summed E-state index contributed by atoms with van der Waals surface area (Å²) in [6.45, 7) is 2.69. The van der Waals surface area contributed by atoms with E-state index in [1.807, 2.05) is 54.6 Å². The standard InChI is InChI=1S/C16H18O3/c1-13(17)14-6-5-9-16(12-14)19-11-10-18-15-7-3-2-4-8-15/h2-9,12-13,17H,10-11H2,1H3/t13-/m1/s1. The van der Waals surface area contributed by atoms with Gasteiger partial charge in [0.05, 0.1) is 6.10 Å². The van der Waals surface area contributed by atoms with E-state index in [1.165, 1.54) is 0 Å². The molecule has 0 aliphatic heterocycles. The zero-order valence-electron chi connectivity index (χ0n) is 11.0. The van der Waals surface area contributed by atoms with Gasteiger partial charge in [0.1, 0.15) is 24.7 Å². The Balaban J connectivity index is 1.78. The van der Waals surface area contributed by atoms with E-state index in [0.717, 1.165) is 17.1 Å². The molecule has 0 saturated carbocycles. The van der Waals surface area contributed by atoms with Crippen LogP contribution >= 0.6 is 0 Å². The fourth-order valence-corrected chi connectivity index (χ4v) is 1.70. The normalized spacial score (nSPS) is 11.9. The van der Waals surface area contributed by atoms with Crippen molar-refractivity contribution >= 4 is 0 Å². The maximum absolute atomic E-state index is 9.49. The van der Waals surface area contributed by atoms with Gasteiger partial charge in [-0.1, -0.05) is 30.3 Å². The van der Waals surface area contributed by atoms with Crippen LogP contribution < -0.4 is 9.47 Å². The lowest BCUT2D eigenvalue weighted by atomic mass is 10.1. The number of hydrogen-bond donors (Lipinski definition) is 1. The molecule has 3 nitrogen and oxygen atoms in total. The highest BCUT2D eigenvalue weighted by Crippen LogP contribution is 2.18. The van der Waals surface area contributed by atoms with Crippen molar-refractivity contribution in [3.8, 4) is 11.5 Å². The van der Waals surface area contributed by atoms with Crippen molar-refractivity contribution in [1.29, 1.82) is 0 Å². The lowest BCUT2D eigenvalue weighted by molar-refractivity contribution is 0.196. The first-order valence-corrected chi connectivity index (χ1v) is 6.34. The molecule has 0 amide bonds. The van der Waals surface area contributed by atoms with E-state index in [9.17, 15) is 5.11 Å². The van der Waals surface area contributed by atoms with Crippen LogP contribution in [0.3, 0.4) is 0 Å². The summed E-state index contributed by atoms with van der Waals surface area (Å²) in [6, 6.07) is 17.1. The molecule has 2 rings (SSSR count). The van der Waals surface area contributed by atoms with Gasteiger partial charge in [-0.15, -0.1) is 0 Å². The molecule has 0 radical (unpaired) electrons. The van der Waals surface area contributed by atoms with Crippen molar-refractivity contribution in [1.82, 2.24) is 0 Å². The van der Waals surface area contributed by atoms with Crippen molar-refractivity contribution in [2.24, 2.45) is 0 Å². The Morgan fingerprint density at radius 3 is 2.21 bits per heavy atom. The number of aliphatic hydroxyl groups excluding tert-OH is 1. The Kier molecular flexibility index (Phi) is 4.81. The SMILES string of the molecule is C[C@@H](O)c1cccc(OCCOc2ccccc2)c1. The third-order valence-electron chi connectivity index (χ3n) is 2.70. The van der Waals surface area contributed by atoms with Crippen LogP contribution in [0.4, 0.5) is 0 Å². The van der Waals surface area contributed by atoms with Crippen LogP contribution in [0.15, 0.2) is 54.6 Å². The zero-order chi connectivity index (χ0) is 13.5. The molecule has 100 valence electrons. The second-order valence-corrected chi connectivity index (χ2v) is 4.26. The highest BCUT2D eigenvalue weighted by molar-refractivity contribution is 5.29. The first kappa shape index (κ1) is 13.4. The maximum atomic E-state index is 9.49. The van der Waals surface area contributed by atoms with Crippen molar-refractivity contribution in [3.05, 3.63) is 60.2 Å². The Bertz CT molecular complexity index is 494. The van der Waals surface area contributed by atoms with Gasteiger partial charge in [0.2, 0.25) is 0 Å². The molecule has 0 aliphatic carbocycles. The molecule has 0 fully saturated rings. The van der Waals surface area contributed by atoms with Crippen molar-refractivity contribution in [3.63, 3.8) is 0 Å². The van der Waals surface area contributed by atoms with Gasteiger partial charge in [-0.2, -0.15) is 0 Å². The minimum atomic E-state index is -0.482. The summed E-state index contributed by atoms with van der Waals surface area (Å²) < 4.78 is 11.1. The van der Waals surface area contributed by atoms with E-state index < -0.39 is 6.10 Å². The van der Waals surface area contributed by atoms with Crippen molar-refractivity contribution in [2.75, 3.05) is 13.2 Å². The summed E-state index contributed by atoms with van der Waals surface area (Å²) in [4.78, 5) is 0. The molecule has 0 bridgehead atoms. The average Bonchev–Trinajstić information content (AvgIpc) is 2.45. The molecule has 0 spiro atoms. The van der Waals surface area contributed by atoms with Crippen LogP contribution in [0.1, 0.15) is 18.6 Å².